The molecule has 1 fully saturated rings. The Labute approximate surface area is 153 Å². The molecule has 1 saturated heterocycles. The number of nitrogens with one attached hydrogen (secondary N) is 1. The maximum atomic E-state index is 12.9. The summed E-state index contributed by atoms with van der Waals surface area (Å²) in [5.41, 5.74) is 3.03. The molecule has 26 heavy (non-hydrogen) atoms. The van der Waals surface area contributed by atoms with E-state index in [0.717, 1.165) is 21.6 Å². The van der Waals surface area contributed by atoms with Gasteiger partial charge >= 0.3 is 6.03 Å². The van der Waals surface area contributed by atoms with Gasteiger partial charge < -0.3 is 5.32 Å². The molecule has 1 N–H and O–H groups in total. The number of carbonyl (C=O) groups is 3. The van der Waals surface area contributed by atoms with E-state index >= 15 is 0 Å². The molecule has 1 atom stereocenters. The minimum Gasteiger partial charge on any atom is -0.319 e. The third kappa shape index (κ3) is 2.90. The number of imide groups is 1. The average molecular weight is 350 g/mol. The molecule has 0 saturated carbocycles. The molecule has 3 rings (SSSR count). The highest BCUT2D eigenvalue weighted by atomic mass is 16.2. The third-order valence-electron chi connectivity index (χ3n) is 5.07. The zero-order valence-electron chi connectivity index (χ0n) is 15.4. The van der Waals surface area contributed by atoms with Crippen molar-refractivity contribution < 1.29 is 14.4 Å². The number of benzene rings is 2. The molecule has 0 bridgehead atoms. The monoisotopic (exact) mass is 350 g/mol. The summed E-state index contributed by atoms with van der Waals surface area (Å²) < 4.78 is 0. The molecule has 0 unspecified atom stereocenters. The SMILES string of the molecule is Cc1cc(C)c(C(=O)CN2C(=O)N[C@@](C)(c3ccccc3)C2=O)cc1C. The topological polar surface area (TPSA) is 66.5 Å². The fourth-order valence-electron chi connectivity index (χ4n) is 3.30. The van der Waals surface area contributed by atoms with Gasteiger partial charge in [0.2, 0.25) is 0 Å². The summed E-state index contributed by atoms with van der Waals surface area (Å²) in [5.74, 6) is -0.657. The number of rotatable bonds is 4. The number of aryl methyl sites for hydroxylation is 3. The first-order chi connectivity index (χ1) is 12.2. The predicted octanol–water partition coefficient (Wildman–Crippen LogP) is 3.26. The normalized spacial score (nSPS) is 19.6. The van der Waals surface area contributed by atoms with Crippen molar-refractivity contribution in [1.29, 1.82) is 0 Å². The second kappa shape index (κ2) is 6.41. The van der Waals surface area contributed by atoms with Gasteiger partial charge in [-0.1, -0.05) is 36.4 Å². The minimum atomic E-state index is -1.16. The Morgan fingerprint density at radius 3 is 2.27 bits per heavy atom. The summed E-state index contributed by atoms with van der Waals surface area (Å²) in [6.07, 6.45) is 0. The Hall–Kier alpha value is -2.95. The van der Waals surface area contributed by atoms with Crippen molar-refractivity contribution in [3.8, 4) is 0 Å². The number of Topliss-reactive ketones (excluding diaryl/α,β-unsaturated/α-hetero) is 1. The van der Waals surface area contributed by atoms with E-state index in [1.165, 1.54) is 0 Å². The molecule has 134 valence electrons. The van der Waals surface area contributed by atoms with Gasteiger partial charge in [-0.2, -0.15) is 0 Å². The third-order valence-corrected chi connectivity index (χ3v) is 5.07. The van der Waals surface area contributed by atoms with E-state index in [4.69, 9.17) is 0 Å². The summed E-state index contributed by atoms with van der Waals surface area (Å²) in [6.45, 7) is 7.18. The molecule has 0 aliphatic carbocycles. The Balaban J connectivity index is 1.87. The van der Waals surface area contributed by atoms with Crippen molar-refractivity contribution in [2.75, 3.05) is 6.54 Å². The number of urea groups is 1. The maximum absolute atomic E-state index is 12.9. The van der Waals surface area contributed by atoms with E-state index in [9.17, 15) is 14.4 Å². The first kappa shape index (κ1) is 17.9. The highest BCUT2D eigenvalue weighted by molar-refractivity contribution is 6.11. The summed E-state index contributed by atoms with van der Waals surface area (Å²) in [7, 11) is 0. The van der Waals surface area contributed by atoms with Crippen molar-refractivity contribution in [1.82, 2.24) is 10.2 Å². The highest BCUT2D eigenvalue weighted by Crippen LogP contribution is 2.29. The lowest BCUT2D eigenvalue weighted by Crippen LogP contribution is -2.41. The first-order valence-electron chi connectivity index (χ1n) is 8.54. The lowest BCUT2D eigenvalue weighted by atomic mass is 9.92. The van der Waals surface area contributed by atoms with Crippen LogP contribution in [0.1, 0.15) is 39.5 Å². The van der Waals surface area contributed by atoms with Gasteiger partial charge in [0.25, 0.3) is 5.91 Å². The summed E-state index contributed by atoms with van der Waals surface area (Å²) >= 11 is 0. The predicted molar refractivity (Wildman–Crippen MR) is 99.0 cm³/mol. The number of carbonyl (C=O) groups excluding carboxylic acids is 3. The van der Waals surface area contributed by atoms with Gasteiger partial charge in [-0.25, -0.2) is 4.79 Å². The van der Waals surface area contributed by atoms with E-state index in [1.54, 1.807) is 19.1 Å². The van der Waals surface area contributed by atoms with Crippen LogP contribution in [0, 0.1) is 20.8 Å². The molecule has 0 spiro atoms. The Morgan fingerprint density at radius 1 is 1.00 bits per heavy atom. The van der Waals surface area contributed by atoms with E-state index in [-0.39, 0.29) is 12.3 Å². The zero-order valence-corrected chi connectivity index (χ0v) is 15.4. The van der Waals surface area contributed by atoms with Gasteiger partial charge in [-0.05, 0) is 56.0 Å². The lowest BCUT2D eigenvalue weighted by Gasteiger charge is -2.22. The van der Waals surface area contributed by atoms with Crippen LogP contribution < -0.4 is 5.32 Å². The average Bonchev–Trinajstić information content (AvgIpc) is 2.83. The molecule has 0 aromatic heterocycles. The molecule has 1 aliphatic rings. The van der Waals surface area contributed by atoms with Crippen LogP contribution in [0.4, 0.5) is 4.79 Å². The Bertz CT molecular complexity index is 905. The van der Waals surface area contributed by atoms with Gasteiger partial charge in [0, 0.05) is 5.56 Å². The van der Waals surface area contributed by atoms with Crippen molar-refractivity contribution >= 4 is 17.7 Å². The number of nitrogens with zero attached hydrogens (tertiary/aromatic N) is 1. The molecule has 1 heterocycles. The van der Waals surface area contributed by atoms with Crippen LogP contribution in [0.3, 0.4) is 0 Å². The van der Waals surface area contributed by atoms with Crippen LogP contribution in [0.5, 0.6) is 0 Å². The summed E-state index contributed by atoms with van der Waals surface area (Å²) in [4.78, 5) is 39.0. The van der Waals surface area contributed by atoms with Crippen LogP contribution in [-0.4, -0.2) is 29.2 Å². The van der Waals surface area contributed by atoms with Gasteiger partial charge in [0.15, 0.2) is 5.78 Å². The Morgan fingerprint density at radius 2 is 1.62 bits per heavy atom. The van der Waals surface area contributed by atoms with Crippen LogP contribution in [0.2, 0.25) is 0 Å². The molecule has 2 aromatic carbocycles. The standard InChI is InChI=1S/C21H22N2O3/c1-13-10-15(3)17(11-14(13)2)18(24)12-23-19(25)21(4,22-20(23)26)16-8-6-5-7-9-16/h5-11H,12H2,1-4H3,(H,22,26)/t21-/m0/s1. The molecule has 5 nitrogen and oxygen atoms in total. The van der Waals surface area contributed by atoms with E-state index in [1.807, 2.05) is 51.1 Å². The number of hydrogen-bond donors (Lipinski definition) is 1. The second-order valence-electron chi connectivity index (χ2n) is 6.99. The van der Waals surface area contributed by atoms with Crippen LogP contribution in [-0.2, 0) is 10.3 Å². The van der Waals surface area contributed by atoms with Crippen LogP contribution >= 0.6 is 0 Å². The lowest BCUT2D eigenvalue weighted by molar-refractivity contribution is -0.130. The molecule has 5 heteroatoms. The van der Waals surface area contributed by atoms with E-state index < -0.39 is 17.5 Å². The van der Waals surface area contributed by atoms with E-state index in [0.29, 0.717) is 11.1 Å². The molecule has 0 radical (unpaired) electrons. The second-order valence-corrected chi connectivity index (χ2v) is 6.99. The summed E-state index contributed by atoms with van der Waals surface area (Å²) in [5, 5.41) is 2.72. The van der Waals surface area contributed by atoms with Crippen molar-refractivity contribution in [3.63, 3.8) is 0 Å². The first-order valence-corrected chi connectivity index (χ1v) is 8.54. The fraction of sp³-hybridized carbons (Fsp3) is 0.286. The highest BCUT2D eigenvalue weighted by Gasteiger charge is 2.49. The molecule has 2 aromatic rings. The van der Waals surface area contributed by atoms with Gasteiger partial charge in [0.05, 0.1) is 6.54 Å². The Kier molecular flexibility index (Phi) is 4.40. The van der Waals surface area contributed by atoms with E-state index in [2.05, 4.69) is 5.32 Å². The van der Waals surface area contributed by atoms with Gasteiger partial charge in [0.1, 0.15) is 5.54 Å². The van der Waals surface area contributed by atoms with Gasteiger partial charge in [-0.3, -0.25) is 14.5 Å². The number of hydrogen-bond acceptors (Lipinski definition) is 3. The summed E-state index contributed by atoms with van der Waals surface area (Å²) in [6, 6.07) is 12.3. The quantitative estimate of drug-likeness (QED) is 0.680. The van der Waals surface area contributed by atoms with Crippen molar-refractivity contribution in [2.24, 2.45) is 0 Å². The molecule has 3 amide bonds. The minimum absolute atomic E-state index is 0.244. The zero-order chi connectivity index (χ0) is 19.1. The molecule has 1 aliphatic heterocycles. The van der Waals surface area contributed by atoms with Crippen molar-refractivity contribution in [2.45, 2.75) is 33.2 Å². The number of amides is 3. The van der Waals surface area contributed by atoms with Crippen molar-refractivity contribution in [3.05, 3.63) is 70.3 Å². The number of ketones is 1. The smallest absolute Gasteiger partial charge is 0.319 e. The maximum Gasteiger partial charge on any atom is 0.325 e. The molecular weight excluding hydrogens is 328 g/mol. The van der Waals surface area contributed by atoms with Crippen LogP contribution in [0.25, 0.3) is 0 Å². The molecular formula is C21H22N2O3. The van der Waals surface area contributed by atoms with Crippen LogP contribution in [0.15, 0.2) is 42.5 Å². The largest absolute Gasteiger partial charge is 0.325 e. The fourth-order valence-corrected chi connectivity index (χ4v) is 3.30. The van der Waals surface area contributed by atoms with Gasteiger partial charge in [-0.15, -0.1) is 0 Å².